The van der Waals surface area contributed by atoms with E-state index < -0.39 is 0 Å². The van der Waals surface area contributed by atoms with Gasteiger partial charge in [0.2, 0.25) is 0 Å². The fraction of sp³-hybridized carbons (Fsp3) is 0.250. The van der Waals surface area contributed by atoms with Gasteiger partial charge in [-0.05, 0) is 36.2 Å². The van der Waals surface area contributed by atoms with Crippen molar-refractivity contribution in [2.24, 2.45) is 5.10 Å². The lowest BCUT2D eigenvalue weighted by molar-refractivity contribution is 0.0944. The van der Waals surface area contributed by atoms with Crippen molar-refractivity contribution in [3.05, 3.63) is 64.6 Å². The number of aryl methyl sites for hydroxylation is 1. The van der Waals surface area contributed by atoms with Crippen LogP contribution in [0.25, 0.3) is 5.65 Å². The van der Waals surface area contributed by atoms with Crippen LogP contribution in [-0.4, -0.2) is 37.8 Å². The van der Waals surface area contributed by atoms with Gasteiger partial charge in [0, 0.05) is 19.3 Å². The van der Waals surface area contributed by atoms with E-state index in [4.69, 9.17) is 11.6 Å². The highest BCUT2D eigenvalue weighted by atomic mass is 127. The predicted molar refractivity (Wildman–Crippen MR) is 124 cm³/mol. The van der Waals surface area contributed by atoms with Crippen molar-refractivity contribution in [3.8, 4) is 0 Å². The van der Waals surface area contributed by atoms with Gasteiger partial charge in [-0.3, -0.25) is 14.2 Å². The van der Waals surface area contributed by atoms with Crippen molar-refractivity contribution in [2.45, 2.75) is 19.9 Å². The standard InChI is InChI=1S/C20H20ClIN6O/c1-2-17-19(27-12-15(21)5-8-18(27)25-17)20(29)23-11-14-3-6-16(7-4-14)28-10-9-26(22)13-24-28/h3-8,12-13H,2,9-11H2,1H3,(H,23,29). The first-order valence-electron chi connectivity index (χ1n) is 9.33. The molecule has 1 amide bonds. The van der Waals surface area contributed by atoms with Crippen LogP contribution in [0, 0.1) is 0 Å². The maximum Gasteiger partial charge on any atom is 0.270 e. The molecule has 1 aliphatic rings. The van der Waals surface area contributed by atoms with Gasteiger partial charge >= 0.3 is 0 Å². The van der Waals surface area contributed by atoms with E-state index in [9.17, 15) is 4.79 Å². The Morgan fingerprint density at radius 1 is 1.21 bits per heavy atom. The van der Waals surface area contributed by atoms with Crippen molar-refractivity contribution < 1.29 is 4.79 Å². The van der Waals surface area contributed by atoms with E-state index in [-0.39, 0.29) is 5.91 Å². The van der Waals surface area contributed by atoms with E-state index in [0.29, 0.717) is 29.3 Å². The molecule has 0 unspecified atom stereocenters. The molecule has 9 heteroatoms. The normalized spacial score (nSPS) is 13.9. The Labute approximate surface area is 187 Å². The Hall–Kier alpha value is -2.33. The molecule has 150 valence electrons. The van der Waals surface area contributed by atoms with Crippen molar-refractivity contribution in [1.82, 2.24) is 17.8 Å². The number of aromatic nitrogens is 2. The number of hydrogen-bond donors (Lipinski definition) is 1. The summed E-state index contributed by atoms with van der Waals surface area (Å²) in [6.07, 6.45) is 4.20. The number of anilines is 1. The van der Waals surface area contributed by atoms with Crippen LogP contribution in [0.4, 0.5) is 5.69 Å². The zero-order chi connectivity index (χ0) is 20.4. The average molecular weight is 523 g/mol. The second kappa shape index (κ2) is 8.58. The van der Waals surface area contributed by atoms with Crippen LogP contribution in [0.3, 0.4) is 0 Å². The highest BCUT2D eigenvalue weighted by molar-refractivity contribution is 14.1. The Balaban J connectivity index is 1.47. The third-order valence-corrected chi connectivity index (χ3v) is 5.69. The Morgan fingerprint density at radius 2 is 2.00 bits per heavy atom. The number of hydrazone groups is 1. The summed E-state index contributed by atoms with van der Waals surface area (Å²) in [5.41, 5.74) is 4.06. The zero-order valence-corrected chi connectivity index (χ0v) is 18.8. The summed E-state index contributed by atoms with van der Waals surface area (Å²) in [7, 11) is 0. The Bertz CT molecular complexity index is 1060. The second-order valence-electron chi connectivity index (χ2n) is 6.66. The molecule has 0 bridgehead atoms. The van der Waals surface area contributed by atoms with Crippen LogP contribution in [0.1, 0.15) is 28.7 Å². The molecule has 4 rings (SSSR count). The number of benzene rings is 1. The maximum absolute atomic E-state index is 12.9. The van der Waals surface area contributed by atoms with Gasteiger partial charge < -0.3 is 8.43 Å². The van der Waals surface area contributed by atoms with Crippen molar-refractivity contribution in [3.63, 3.8) is 0 Å². The lowest BCUT2D eigenvalue weighted by atomic mass is 10.2. The van der Waals surface area contributed by atoms with E-state index >= 15 is 0 Å². The van der Waals surface area contributed by atoms with E-state index in [1.54, 1.807) is 16.7 Å². The van der Waals surface area contributed by atoms with Gasteiger partial charge in [-0.25, -0.2) is 4.98 Å². The number of nitrogens with one attached hydrogen (secondary N) is 1. The minimum absolute atomic E-state index is 0.163. The van der Waals surface area contributed by atoms with Crippen LogP contribution in [0.15, 0.2) is 47.7 Å². The van der Waals surface area contributed by atoms with Crippen molar-refractivity contribution in [1.29, 1.82) is 0 Å². The summed E-state index contributed by atoms with van der Waals surface area (Å²) in [5, 5.41) is 9.94. The molecule has 0 spiro atoms. The molecule has 0 radical (unpaired) electrons. The van der Waals surface area contributed by atoms with E-state index in [2.05, 4.69) is 38.3 Å². The van der Waals surface area contributed by atoms with E-state index in [1.807, 2.05) is 51.7 Å². The highest BCUT2D eigenvalue weighted by Gasteiger charge is 2.18. The van der Waals surface area contributed by atoms with Crippen LogP contribution in [0.5, 0.6) is 0 Å². The molecule has 3 heterocycles. The predicted octanol–water partition coefficient (Wildman–Crippen LogP) is 3.90. The molecular formula is C20H20ClIN6O. The molecule has 0 aliphatic carbocycles. The minimum atomic E-state index is -0.163. The first-order valence-corrected chi connectivity index (χ1v) is 10.7. The number of imidazole rings is 1. The van der Waals surface area contributed by atoms with Crippen LogP contribution >= 0.6 is 34.5 Å². The van der Waals surface area contributed by atoms with E-state index in [0.717, 1.165) is 30.0 Å². The summed E-state index contributed by atoms with van der Waals surface area (Å²) in [6, 6.07) is 11.6. The molecule has 7 nitrogen and oxygen atoms in total. The first-order chi connectivity index (χ1) is 14.0. The third kappa shape index (κ3) is 4.32. The van der Waals surface area contributed by atoms with Gasteiger partial charge in [-0.15, -0.1) is 0 Å². The maximum atomic E-state index is 12.9. The number of nitrogens with zero attached hydrogens (tertiary/aromatic N) is 5. The number of rotatable bonds is 5. The van der Waals surface area contributed by atoms with Gasteiger partial charge in [-0.2, -0.15) is 5.10 Å². The third-order valence-electron chi connectivity index (χ3n) is 4.73. The Kier molecular flexibility index (Phi) is 5.91. The van der Waals surface area contributed by atoms with Gasteiger partial charge in [0.05, 0.1) is 45.8 Å². The topological polar surface area (TPSA) is 65.2 Å². The number of pyridine rings is 1. The molecular weight excluding hydrogens is 503 g/mol. The Morgan fingerprint density at radius 3 is 2.69 bits per heavy atom. The fourth-order valence-corrected chi connectivity index (χ4v) is 3.71. The molecule has 0 saturated carbocycles. The summed E-state index contributed by atoms with van der Waals surface area (Å²) in [6.45, 7) is 4.18. The molecule has 29 heavy (non-hydrogen) atoms. The van der Waals surface area contributed by atoms with Crippen LogP contribution < -0.4 is 10.3 Å². The number of carbonyl (C=O) groups is 1. The second-order valence-corrected chi connectivity index (χ2v) is 8.34. The van der Waals surface area contributed by atoms with Gasteiger partial charge in [0.25, 0.3) is 5.91 Å². The average Bonchev–Trinajstić information content (AvgIpc) is 3.11. The number of hydrogen-bond acceptors (Lipinski definition) is 5. The smallest absolute Gasteiger partial charge is 0.270 e. The SMILES string of the molecule is CCc1nc2ccc(Cl)cn2c1C(=O)NCc1ccc(N2CCN(I)C=N2)cc1. The number of amides is 1. The summed E-state index contributed by atoms with van der Waals surface area (Å²) >= 11 is 8.34. The lowest BCUT2D eigenvalue weighted by Gasteiger charge is -2.26. The minimum Gasteiger partial charge on any atom is -0.347 e. The van der Waals surface area contributed by atoms with E-state index in [1.165, 1.54) is 0 Å². The quantitative estimate of drug-likeness (QED) is 0.408. The lowest BCUT2D eigenvalue weighted by Crippen LogP contribution is -2.32. The fourth-order valence-electron chi connectivity index (χ4n) is 3.23. The highest BCUT2D eigenvalue weighted by Crippen LogP contribution is 2.19. The summed E-state index contributed by atoms with van der Waals surface area (Å²) in [4.78, 5) is 17.4. The number of fused-ring (bicyclic) bond motifs is 1. The molecule has 0 atom stereocenters. The first kappa shape index (κ1) is 20.0. The number of halogens is 2. The summed E-state index contributed by atoms with van der Waals surface area (Å²) in [5.74, 6) is -0.163. The summed E-state index contributed by atoms with van der Waals surface area (Å²) < 4.78 is 3.78. The van der Waals surface area contributed by atoms with Gasteiger partial charge in [0.1, 0.15) is 17.7 Å². The molecule has 3 aromatic rings. The molecule has 1 N–H and O–H groups in total. The van der Waals surface area contributed by atoms with Gasteiger partial charge in [-0.1, -0.05) is 30.7 Å². The molecule has 0 saturated heterocycles. The largest absolute Gasteiger partial charge is 0.347 e. The zero-order valence-electron chi connectivity index (χ0n) is 15.8. The van der Waals surface area contributed by atoms with Crippen LogP contribution in [-0.2, 0) is 13.0 Å². The molecule has 2 aromatic heterocycles. The molecule has 1 aliphatic heterocycles. The van der Waals surface area contributed by atoms with Crippen molar-refractivity contribution in [2.75, 3.05) is 18.1 Å². The van der Waals surface area contributed by atoms with Crippen LogP contribution in [0.2, 0.25) is 5.02 Å². The molecule has 1 aromatic carbocycles. The molecule has 0 fully saturated rings. The number of carbonyl (C=O) groups excluding carboxylic acids is 1. The van der Waals surface area contributed by atoms with Gasteiger partial charge in [0.15, 0.2) is 0 Å². The van der Waals surface area contributed by atoms with Crippen molar-refractivity contribution >= 4 is 58.0 Å². The monoisotopic (exact) mass is 522 g/mol.